The Labute approximate surface area is 182 Å². The van der Waals surface area contributed by atoms with Crippen molar-refractivity contribution in [3.8, 4) is 0 Å². The minimum absolute atomic E-state index is 0.398. The number of esters is 2. The Morgan fingerprint density at radius 3 is 1.32 bits per heavy atom. The van der Waals surface area contributed by atoms with E-state index in [1.807, 2.05) is 91.0 Å². The maximum atomic E-state index is 13.1. The van der Waals surface area contributed by atoms with Gasteiger partial charge < -0.3 is 14.4 Å². The molecule has 4 rings (SSSR count). The van der Waals surface area contributed by atoms with Crippen LogP contribution in [0.3, 0.4) is 0 Å². The second-order valence-corrected chi connectivity index (χ2v) is 7.55. The predicted octanol–water partition coefficient (Wildman–Crippen LogP) is 4.57. The Balaban J connectivity index is 1.99. The molecular formula is C26H25NO4. The number of carbonyl (C=O) groups excluding carboxylic acids is 2. The molecule has 1 saturated heterocycles. The lowest BCUT2D eigenvalue weighted by Crippen LogP contribution is -2.32. The van der Waals surface area contributed by atoms with Crippen LogP contribution in [0.2, 0.25) is 0 Å². The first kappa shape index (κ1) is 20.7. The molecule has 0 unspecified atom stereocenters. The quantitative estimate of drug-likeness (QED) is 0.572. The monoisotopic (exact) mass is 415 g/mol. The van der Waals surface area contributed by atoms with Gasteiger partial charge in [0, 0.05) is 5.69 Å². The van der Waals surface area contributed by atoms with Crippen LogP contribution < -0.4 is 4.90 Å². The van der Waals surface area contributed by atoms with Crippen LogP contribution in [0.5, 0.6) is 0 Å². The lowest BCUT2D eigenvalue weighted by Gasteiger charge is -2.34. The molecule has 0 radical (unpaired) electrons. The largest absolute Gasteiger partial charge is 0.469 e. The van der Waals surface area contributed by atoms with Crippen molar-refractivity contribution in [1.29, 1.82) is 0 Å². The van der Waals surface area contributed by atoms with Crippen LogP contribution in [0.15, 0.2) is 91.0 Å². The molecule has 5 heteroatoms. The average Bonchev–Trinajstić information content (AvgIpc) is 3.21. The maximum Gasteiger partial charge on any atom is 0.312 e. The van der Waals surface area contributed by atoms with Crippen LogP contribution in [0.4, 0.5) is 5.69 Å². The van der Waals surface area contributed by atoms with Crippen molar-refractivity contribution in [3.05, 3.63) is 102 Å². The van der Waals surface area contributed by atoms with E-state index < -0.39 is 35.9 Å². The Kier molecular flexibility index (Phi) is 6.03. The smallest absolute Gasteiger partial charge is 0.312 e. The van der Waals surface area contributed by atoms with Crippen LogP contribution in [0, 0.1) is 11.8 Å². The maximum absolute atomic E-state index is 13.1. The molecule has 0 aliphatic carbocycles. The van der Waals surface area contributed by atoms with Crippen LogP contribution in [-0.2, 0) is 19.1 Å². The van der Waals surface area contributed by atoms with E-state index in [0.717, 1.165) is 16.8 Å². The van der Waals surface area contributed by atoms with Crippen LogP contribution in [0.25, 0.3) is 0 Å². The Bertz CT molecular complexity index is 958. The zero-order chi connectivity index (χ0) is 21.8. The fourth-order valence-electron chi connectivity index (χ4n) is 4.69. The molecule has 1 aliphatic heterocycles. The SMILES string of the molecule is COC(=O)[C@@H]1[C@H](C(=O)OC)[C@@H](c2ccccc2)N(c2ccccc2)[C@H]1c1ccccc1. The van der Waals surface area contributed by atoms with Crippen molar-refractivity contribution >= 4 is 17.6 Å². The Morgan fingerprint density at radius 2 is 0.968 bits per heavy atom. The van der Waals surface area contributed by atoms with Gasteiger partial charge in [-0.25, -0.2) is 0 Å². The summed E-state index contributed by atoms with van der Waals surface area (Å²) >= 11 is 0. The van der Waals surface area contributed by atoms with E-state index in [-0.39, 0.29) is 0 Å². The zero-order valence-electron chi connectivity index (χ0n) is 17.5. The van der Waals surface area contributed by atoms with Gasteiger partial charge in [-0.1, -0.05) is 78.9 Å². The fraction of sp³-hybridized carbons (Fsp3) is 0.231. The third kappa shape index (κ3) is 3.79. The van der Waals surface area contributed by atoms with Crippen molar-refractivity contribution in [3.63, 3.8) is 0 Å². The minimum atomic E-state index is -0.731. The molecule has 0 spiro atoms. The summed E-state index contributed by atoms with van der Waals surface area (Å²) in [6.45, 7) is 0. The summed E-state index contributed by atoms with van der Waals surface area (Å²) in [5, 5.41) is 0. The molecule has 0 amide bonds. The number of ether oxygens (including phenoxy) is 2. The highest BCUT2D eigenvalue weighted by Gasteiger charge is 2.57. The number of anilines is 1. The van der Waals surface area contributed by atoms with E-state index in [1.165, 1.54) is 14.2 Å². The second-order valence-electron chi connectivity index (χ2n) is 7.55. The van der Waals surface area contributed by atoms with Gasteiger partial charge in [0.2, 0.25) is 0 Å². The highest BCUT2D eigenvalue weighted by Crippen LogP contribution is 2.54. The molecule has 31 heavy (non-hydrogen) atoms. The van der Waals surface area contributed by atoms with Gasteiger partial charge in [-0.3, -0.25) is 9.59 Å². The van der Waals surface area contributed by atoms with E-state index in [0.29, 0.717) is 0 Å². The molecule has 3 aromatic rings. The molecule has 1 heterocycles. The summed E-state index contributed by atoms with van der Waals surface area (Å²) in [4.78, 5) is 28.4. The number of benzene rings is 3. The number of hydrogen-bond acceptors (Lipinski definition) is 5. The van der Waals surface area contributed by atoms with Gasteiger partial charge in [-0.05, 0) is 23.3 Å². The van der Waals surface area contributed by atoms with Crippen molar-refractivity contribution in [2.75, 3.05) is 19.1 Å². The van der Waals surface area contributed by atoms with Gasteiger partial charge in [0.15, 0.2) is 0 Å². The van der Waals surface area contributed by atoms with E-state index >= 15 is 0 Å². The zero-order valence-corrected chi connectivity index (χ0v) is 17.5. The molecular weight excluding hydrogens is 390 g/mol. The molecule has 158 valence electrons. The van der Waals surface area contributed by atoms with E-state index in [2.05, 4.69) is 4.90 Å². The molecule has 3 aromatic carbocycles. The van der Waals surface area contributed by atoms with Crippen LogP contribution >= 0.6 is 0 Å². The van der Waals surface area contributed by atoms with Crippen LogP contribution in [0.1, 0.15) is 23.2 Å². The molecule has 0 bridgehead atoms. The van der Waals surface area contributed by atoms with Gasteiger partial charge in [-0.15, -0.1) is 0 Å². The first-order valence-corrected chi connectivity index (χ1v) is 10.3. The number of para-hydroxylation sites is 1. The minimum Gasteiger partial charge on any atom is -0.469 e. The van der Waals surface area contributed by atoms with Crippen molar-refractivity contribution < 1.29 is 19.1 Å². The molecule has 1 fully saturated rings. The highest BCUT2D eigenvalue weighted by molar-refractivity contribution is 5.86. The Morgan fingerprint density at radius 1 is 0.613 bits per heavy atom. The van der Waals surface area contributed by atoms with Gasteiger partial charge in [0.1, 0.15) is 0 Å². The van der Waals surface area contributed by atoms with Gasteiger partial charge in [0.05, 0.1) is 38.1 Å². The van der Waals surface area contributed by atoms with E-state index in [4.69, 9.17) is 9.47 Å². The predicted molar refractivity (Wildman–Crippen MR) is 118 cm³/mol. The lowest BCUT2D eigenvalue weighted by atomic mass is 9.82. The summed E-state index contributed by atoms with van der Waals surface area (Å²) in [5.74, 6) is -2.32. The first-order valence-electron chi connectivity index (χ1n) is 10.3. The molecule has 0 aromatic heterocycles. The molecule has 4 atom stereocenters. The van der Waals surface area contributed by atoms with Crippen LogP contribution in [-0.4, -0.2) is 26.2 Å². The van der Waals surface area contributed by atoms with Crippen molar-refractivity contribution in [2.24, 2.45) is 11.8 Å². The standard InChI is InChI=1S/C26H25NO4/c1-30-25(28)21-22(26(29)31-2)24(19-14-8-4-9-15-19)27(20-16-10-5-11-17-20)23(21)18-12-6-3-7-13-18/h3-17,21-24H,1-2H3/t21-,22+,23+,24-. The fourth-order valence-corrected chi connectivity index (χ4v) is 4.69. The second kappa shape index (κ2) is 9.04. The van der Waals surface area contributed by atoms with Crippen molar-refractivity contribution in [1.82, 2.24) is 0 Å². The summed E-state index contributed by atoms with van der Waals surface area (Å²) in [5.41, 5.74) is 2.80. The van der Waals surface area contributed by atoms with Gasteiger partial charge in [-0.2, -0.15) is 0 Å². The third-order valence-electron chi connectivity index (χ3n) is 5.95. The molecule has 5 nitrogen and oxygen atoms in total. The number of hydrogen-bond donors (Lipinski definition) is 0. The molecule has 0 N–H and O–H groups in total. The molecule has 1 aliphatic rings. The first-order chi connectivity index (χ1) is 15.2. The summed E-state index contributed by atoms with van der Waals surface area (Å²) in [6, 6.07) is 28.6. The van der Waals surface area contributed by atoms with E-state index in [1.54, 1.807) is 0 Å². The number of carbonyl (C=O) groups is 2. The Hall–Kier alpha value is -3.60. The topological polar surface area (TPSA) is 55.8 Å². The number of nitrogens with zero attached hydrogens (tertiary/aromatic N) is 1. The highest BCUT2D eigenvalue weighted by atomic mass is 16.5. The van der Waals surface area contributed by atoms with Gasteiger partial charge in [0.25, 0.3) is 0 Å². The number of rotatable bonds is 5. The average molecular weight is 415 g/mol. The summed E-state index contributed by atoms with van der Waals surface area (Å²) < 4.78 is 10.4. The van der Waals surface area contributed by atoms with E-state index in [9.17, 15) is 9.59 Å². The lowest BCUT2D eigenvalue weighted by molar-refractivity contribution is -0.157. The summed E-state index contributed by atoms with van der Waals surface area (Å²) in [6.07, 6.45) is 0. The number of methoxy groups -OCH3 is 2. The molecule has 0 saturated carbocycles. The third-order valence-corrected chi connectivity index (χ3v) is 5.95. The van der Waals surface area contributed by atoms with Crippen molar-refractivity contribution in [2.45, 2.75) is 12.1 Å². The normalized spacial score (nSPS) is 22.7. The summed E-state index contributed by atoms with van der Waals surface area (Å²) in [7, 11) is 2.73. The van der Waals surface area contributed by atoms with Gasteiger partial charge >= 0.3 is 11.9 Å².